The summed E-state index contributed by atoms with van der Waals surface area (Å²) in [6.45, 7) is 8.17. The van der Waals surface area contributed by atoms with Gasteiger partial charge in [-0.3, -0.25) is 24.9 Å². The van der Waals surface area contributed by atoms with Crippen LogP contribution in [-0.4, -0.2) is 48.2 Å². The number of fused-ring (bicyclic) bond motifs is 3. The zero-order valence-corrected chi connectivity index (χ0v) is 17.8. The molecule has 3 N–H and O–H groups in total. The molecule has 0 atom stereocenters. The molecule has 0 bridgehead atoms. The van der Waals surface area contributed by atoms with Gasteiger partial charge in [0.25, 0.3) is 0 Å². The lowest BCUT2D eigenvalue weighted by molar-refractivity contribution is -0.143. The maximum Gasteiger partial charge on any atom is 0.319 e. The number of anilines is 1. The Balaban J connectivity index is 0.000000224. The minimum absolute atomic E-state index is 0.0344. The summed E-state index contributed by atoms with van der Waals surface area (Å²) >= 11 is 0. The number of nitrogens with one attached hydrogen (secondary N) is 1. The lowest BCUT2D eigenvalue weighted by atomic mass is 10.1. The molecule has 3 rings (SSSR count). The van der Waals surface area contributed by atoms with E-state index < -0.39 is 0 Å². The van der Waals surface area contributed by atoms with Crippen LogP contribution in [0, 0.1) is 13.8 Å². The molecule has 0 aliphatic heterocycles. The van der Waals surface area contributed by atoms with Crippen molar-refractivity contribution in [1.82, 2.24) is 15.3 Å². The van der Waals surface area contributed by atoms with Gasteiger partial charge in [-0.25, -0.2) is 0 Å². The third kappa shape index (κ3) is 6.38. The van der Waals surface area contributed by atoms with Crippen LogP contribution in [0.5, 0.6) is 0 Å². The second-order valence-electron chi connectivity index (χ2n) is 6.55. The van der Waals surface area contributed by atoms with Gasteiger partial charge in [0.1, 0.15) is 0 Å². The number of ether oxygens (including phenoxy) is 2. The average molecular weight is 412 g/mol. The fraction of sp³-hybridized carbons (Fsp3) is 0.364. The van der Waals surface area contributed by atoms with E-state index in [9.17, 15) is 9.59 Å². The summed E-state index contributed by atoms with van der Waals surface area (Å²) in [5.74, 6) is -0.737. The smallest absolute Gasteiger partial charge is 0.319 e. The highest BCUT2D eigenvalue weighted by Crippen LogP contribution is 2.28. The summed E-state index contributed by atoms with van der Waals surface area (Å²) in [7, 11) is 0. The normalized spacial score (nSPS) is 10.4. The largest absolute Gasteiger partial charge is 0.465 e. The van der Waals surface area contributed by atoms with Gasteiger partial charge in [-0.15, -0.1) is 0 Å². The number of nitrogens with two attached hydrogens (primary N) is 1. The van der Waals surface area contributed by atoms with E-state index in [0.717, 1.165) is 38.9 Å². The quantitative estimate of drug-likeness (QED) is 0.361. The van der Waals surface area contributed by atoms with Crippen LogP contribution in [0.25, 0.3) is 21.8 Å². The first kappa shape index (κ1) is 23.0. The summed E-state index contributed by atoms with van der Waals surface area (Å²) in [6, 6.07) is 9.97. The Labute approximate surface area is 175 Å². The molecular weight excluding hydrogens is 384 g/mol. The third-order valence-electron chi connectivity index (χ3n) is 4.10. The number of benzene rings is 1. The van der Waals surface area contributed by atoms with Crippen LogP contribution in [0.3, 0.4) is 0 Å². The molecule has 8 heteroatoms. The third-order valence-corrected chi connectivity index (χ3v) is 4.10. The monoisotopic (exact) mass is 412 g/mol. The number of aryl methyl sites for hydroxylation is 2. The molecule has 30 heavy (non-hydrogen) atoms. The number of hydrogen-bond donors (Lipinski definition) is 2. The van der Waals surface area contributed by atoms with E-state index in [0.29, 0.717) is 13.2 Å². The van der Waals surface area contributed by atoms with Gasteiger partial charge in [0.15, 0.2) is 0 Å². The number of rotatable bonds is 6. The maximum atomic E-state index is 10.7. The number of carbonyl (C=O) groups is 2. The number of carbonyl (C=O) groups excluding carboxylic acids is 2. The number of esters is 2. The van der Waals surface area contributed by atoms with Crippen molar-refractivity contribution in [2.75, 3.05) is 32.0 Å². The second kappa shape index (κ2) is 11.1. The summed E-state index contributed by atoms with van der Waals surface area (Å²) in [5, 5.41) is 4.62. The molecule has 2 heterocycles. The zero-order chi connectivity index (χ0) is 22.1. The fourth-order valence-corrected chi connectivity index (χ4v) is 2.78. The highest BCUT2D eigenvalue weighted by Gasteiger charge is 2.07. The van der Waals surface area contributed by atoms with E-state index in [1.807, 2.05) is 44.2 Å². The van der Waals surface area contributed by atoms with Gasteiger partial charge in [0.05, 0.1) is 37.3 Å². The summed E-state index contributed by atoms with van der Waals surface area (Å²) in [5.41, 5.74) is 10.6. The Morgan fingerprint density at radius 1 is 0.900 bits per heavy atom. The number of aromatic nitrogens is 2. The number of pyridine rings is 2. The van der Waals surface area contributed by atoms with Crippen LogP contribution in [0.1, 0.15) is 25.2 Å². The topological polar surface area (TPSA) is 116 Å². The van der Waals surface area contributed by atoms with E-state index in [1.165, 1.54) is 0 Å². The summed E-state index contributed by atoms with van der Waals surface area (Å²) < 4.78 is 9.26. The van der Waals surface area contributed by atoms with Gasteiger partial charge in [-0.2, -0.15) is 0 Å². The Morgan fingerprint density at radius 2 is 1.43 bits per heavy atom. The lowest BCUT2D eigenvalue weighted by Crippen LogP contribution is -2.30. The van der Waals surface area contributed by atoms with E-state index in [-0.39, 0.29) is 25.0 Å². The van der Waals surface area contributed by atoms with Crippen molar-refractivity contribution in [3.05, 3.63) is 41.7 Å². The van der Waals surface area contributed by atoms with Gasteiger partial charge >= 0.3 is 11.9 Å². The molecule has 160 valence electrons. The molecule has 0 radical (unpaired) electrons. The molecule has 1 aromatic carbocycles. The van der Waals surface area contributed by atoms with E-state index >= 15 is 0 Å². The SMILES string of the molecule is CCOC(=O)CNCC(=O)OCC.Cc1ccc2cc(N)c3ccc(C)nc3c2n1. The van der Waals surface area contributed by atoms with Gasteiger partial charge in [-0.05, 0) is 52.0 Å². The standard InChI is InChI=1S/C14H13N3.C8H15NO4/c1-8-3-5-10-7-12(15)11-6-4-9(2)17-14(11)13(10)16-8;1-3-12-7(10)5-9-6-8(11)13-4-2/h3-7H,15H2,1-2H3;9H,3-6H2,1-2H3. The van der Waals surface area contributed by atoms with Crippen LogP contribution in [-0.2, 0) is 19.1 Å². The van der Waals surface area contributed by atoms with Crippen molar-refractivity contribution < 1.29 is 19.1 Å². The Kier molecular flexibility index (Phi) is 8.49. The van der Waals surface area contributed by atoms with Gasteiger partial charge in [0.2, 0.25) is 0 Å². The predicted molar refractivity (Wildman–Crippen MR) is 117 cm³/mol. The van der Waals surface area contributed by atoms with Crippen molar-refractivity contribution in [3.63, 3.8) is 0 Å². The zero-order valence-electron chi connectivity index (χ0n) is 17.8. The Morgan fingerprint density at radius 3 is 2.00 bits per heavy atom. The molecule has 0 aliphatic carbocycles. The molecular formula is C22H28N4O4. The first-order valence-electron chi connectivity index (χ1n) is 9.80. The van der Waals surface area contributed by atoms with E-state index in [2.05, 4.69) is 24.8 Å². The molecule has 2 aromatic heterocycles. The predicted octanol–water partition coefficient (Wildman–Crippen LogP) is 2.68. The van der Waals surface area contributed by atoms with Crippen LogP contribution in [0.4, 0.5) is 5.69 Å². The van der Waals surface area contributed by atoms with E-state index in [1.54, 1.807) is 13.8 Å². The Bertz CT molecular complexity index is 1020. The fourth-order valence-electron chi connectivity index (χ4n) is 2.78. The second-order valence-corrected chi connectivity index (χ2v) is 6.55. The maximum absolute atomic E-state index is 10.7. The number of nitrogen functional groups attached to an aromatic ring is 1. The van der Waals surface area contributed by atoms with Crippen molar-refractivity contribution in [1.29, 1.82) is 0 Å². The first-order chi connectivity index (χ1) is 14.3. The molecule has 0 aliphatic rings. The molecule has 0 fully saturated rings. The van der Waals surface area contributed by atoms with Crippen molar-refractivity contribution in [3.8, 4) is 0 Å². The van der Waals surface area contributed by atoms with Crippen LogP contribution in [0.15, 0.2) is 30.3 Å². The molecule has 8 nitrogen and oxygen atoms in total. The molecule has 0 amide bonds. The first-order valence-corrected chi connectivity index (χ1v) is 9.80. The minimum atomic E-state index is -0.369. The molecule has 0 spiro atoms. The van der Waals surface area contributed by atoms with Crippen LogP contribution in [0.2, 0.25) is 0 Å². The highest BCUT2D eigenvalue weighted by atomic mass is 16.5. The van der Waals surface area contributed by atoms with Crippen LogP contribution < -0.4 is 11.1 Å². The Hall–Kier alpha value is -3.26. The molecule has 0 saturated carbocycles. The summed E-state index contributed by atoms with van der Waals surface area (Å²) in [4.78, 5) is 30.6. The minimum Gasteiger partial charge on any atom is -0.465 e. The van der Waals surface area contributed by atoms with Crippen molar-refractivity contribution in [2.45, 2.75) is 27.7 Å². The lowest BCUT2D eigenvalue weighted by Gasteiger charge is -2.07. The number of nitrogens with zero attached hydrogens (tertiary/aromatic N) is 2. The molecule has 3 aromatic rings. The van der Waals surface area contributed by atoms with Crippen molar-refractivity contribution >= 4 is 39.4 Å². The number of hydrogen-bond acceptors (Lipinski definition) is 8. The van der Waals surface area contributed by atoms with Crippen molar-refractivity contribution in [2.24, 2.45) is 0 Å². The van der Waals surface area contributed by atoms with Crippen LogP contribution >= 0.6 is 0 Å². The highest BCUT2D eigenvalue weighted by molar-refractivity contribution is 6.08. The molecule has 0 unspecified atom stereocenters. The average Bonchev–Trinajstić information content (AvgIpc) is 2.69. The van der Waals surface area contributed by atoms with E-state index in [4.69, 9.17) is 5.73 Å². The van der Waals surface area contributed by atoms with Gasteiger partial charge in [-0.1, -0.05) is 6.07 Å². The molecule has 0 saturated heterocycles. The van der Waals surface area contributed by atoms with Gasteiger partial charge in [0, 0.05) is 27.8 Å². The summed E-state index contributed by atoms with van der Waals surface area (Å²) in [6.07, 6.45) is 0. The van der Waals surface area contributed by atoms with Gasteiger partial charge < -0.3 is 15.2 Å².